The average Bonchev–Trinajstić information content (AvgIpc) is 3.33. The first-order valence-electron chi connectivity index (χ1n) is 10.9. The third-order valence-electron chi connectivity index (χ3n) is 6.09. The van der Waals surface area contributed by atoms with Gasteiger partial charge in [-0.15, -0.1) is 0 Å². The summed E-state index contributed by atoms with van der Waals surface area (Å²) in [5.41, 5.74) is 8.11. The summed E-state index contributed by atoms with van der Waals surface area (Å²) in [4.78, 5) is 17.6. The van der Waals surface area contributed by atoms with E-state index in [2.05, 4.69) is 9.55 Å². The summed E-state index contributed by atoms with van der Waals surface area (Å²) in [5, 5.41) is 9.25. The predicted octanol–water partition coefficient (Wildman–Crippen LogP) is 4.87. The molecular formula is C24H25Cl2FN4O3. The lowest BCUT2D eigenvalue weighted by molar-refractivity contribution is -0.135. The lowest BCUT2D eigenvalue weighted by Crippen LogP contribution is -2.40. The Morgan fingerprint density at radius 2 is 2.03 bits per heavy atom. The molecule has 180 valence electrons. The molecule has 0 saturated carbocycles. The van der Waals surface area contributed by atoms with Crippen molar-refractivity contribution in [3.63, 3.8) is 0 Å². The second-order valence-corrected chi connectivity index (χ2v) is 9.03. The van der Waals surface area contributed by atoms with Crippen LogP contribution in [0.4, 0.5) is 10.2 Å². The van der Waals surface area contributed by atoms with Crippen molar-refractivity contribution in [1.29, 1.82) is 0 Å². The first-order valence-corrected chi connectivity index (χ1v) is 11.7. The molecule has 1 fully saturated rings. The molecule has 0 aliphatic carbocycles. The fraction of sp³-hybridized carbons (Fsp3) is 0.333. The maximum absolute atomic E-state index is 13.9. The number of aliphatic hydroxyl groups is 1. The SMILES string of the molecule is CC(Oc1cc(-c2ccn(C3CCN(C(=O)CO)CC3)c2)cnc1N)c1c(Cl)ccc(F)c1Cl. The van der Waals surface area contributed by atoms with Crippen molar-refractivity contribution in [1.82, 2.24) is 14.5 Å². The van der Waals surface area contributed by atoms with Gasteiger partial charge in [0.1, 0.15) is 18.5 Å². The number of nitrogens with two attached hydrogens (primary N) is 1. The van der Waals surface area contributed by atoms with Gasteiger partial charge in [0.15, 0.2) is 11.6 Å². The molecule has 7 nitrogen and oxygen atoms in total. The van der Waals surface area contributed by atoms with E-state index in [0.717, 1.165) is 24.0 Å². The van der Waals surface area contributed by atoms with Crippen LogP contribution in [0.15, 0.2) is 42.9 Å². The van der Waals surface area contributed by atoms with Gasteiger partial charge in [0, 0.05) is 59.4 Å². The Morgan fingerprint density at radius 1 is 1.29 bits per heavy atom. The topological polar surface area (TPSA) is 93.6 Å². The van der Waals surface area contributed by atoms with Crippen molar-refractivity contribution in [3.8, 4) is 16.9 Å². The second kappa shape index (κ2) is 10.2. The number of halogens is 3. The molecule has 3 aromatic rings. The van der Waals surface area contributed by atoms with Crippen LogP contribution in [0, 0.1) is 5.82 Å². The number of hydrogen-bond acceptors (Lipinski definition) is 5. The number of carbonyl (C=O) groups is 1. The summed E-state index contributed by atoms with van der Waals surface area (Å²) in [6.45, 7) is 2.48. The van der Waals surface area contributed by atoms with E-state index < -0.39 is 18.5 Å². The molecular weight excluding hydrogens is 482 g/mol. The fourth-order valence-electron chi connectivity index (χ4n) is 4.20. The number of ether oxygens (including phenoxy) is 1. The molecule has 0 spiro atoms. The van der Waals surface area contributed by atoms with Crippen LogP contribution < -0.4 is 10.5 Å². The standard InChI is InChI=1S/C24H25Cl2FN4O3/c1-14(22-18(25)2-3-19(27)23(22)26)34-20-10-16(11-29-24(20)28)15-4-7-31(12-15)17-5-8-30(9-6-17)21(33)13-32/h2-4,7,10-12,14,17,32H,5-6,8-9,13H2,1H3,(H2,28,29). The Balaban J connectivity index is 1.51. The van der Waals surface area contributed by atoms with Crippen molar-refractivity contribution in [3.05, 3.63) is 64.3 Å². The molecule has 1 atom stereocenters. The number of amides is 1. The molecule has 4 rings (SSSR count). The number of aromatic nitrogens is 2. The summed E-state index contributed by atoms with van der Waals surface area (Å²) in [5.74, 6) is -0.281. The largest absolute Gasteiger partial charge is 0.482 e. The van der Waals surface area contributed by atoms with E-state index in [4.69, 9.17) is 38.8 Å². The highest BCUT2D eigenvalue weighted by Gasteiger charge is 2.24. The van der Waals surface area contributed by atoms with Crippen molar-refractivity contribution in [2.75, 3.05) is 25.4 Å². The fourth-order valence-corrected chi connectivity index (χ4v) is 4.87. The van der Waals surface area contributed by atoms with Crippen LogP contribution in [0.2, 0.25) is 10.0 Å². The van der Waals surface area contributed by atoms with Crippen LogP contribution in [0.1, 0.15) is 37.5 Å². The number of nitrogens with zero attached hydrogens (tertiary/aromatic N) is 3. The average molecular weight is 507 g/mol. The van der Waals surface area contributed by atoms with Crippen molar-refractivity contribution >= 4 is 34.9 Å². The minimum absolute atomic E-state index is 0.0912. The summed E-state index contributed by atoms with van der Waals surface area (Å²) < 4.78 is 22.1. The molecule has 3 heterocycles. The smallest absolute Gasteiger partial charge is 0.248 e. The summed E-state index contributed by atoms with van der Waals surface area (Å²) >= 11 is 12.3. The van der Waals surface area contributed by atoms with Gasteiger partial charge in [0.2, 0.25) is 5.91 Å². The van der Waals surface area contributed by atoms with Gasteiger partial charge >= 0.3 is 0 Å². The second-order valence-electron chi connectivity index (χ2n) is 8.24. The van der Waals surface area contributed by atoms with E-state index in [1.807, 2.05) is 18.5 Å². The Bertz CT molecular complexity index is 1190. The third kappa shape index (κ3) is 4.99. The van der Waals surface area contributed by atoms with Crippen LogP contribution in [0.3, 0.4) is 0 Å². The van der Waals surface area contributed by atoms with Gasteiger partial charge < -0.3 is 25.0 Å². The van der Waals surface area contributed by atoms with Crippen LogP contribution in [-0.4, -0.2) is 45.2 Å². The Labute approximate surface area is 206 Å². The molecule has 3 N–H and O–H groups in total. The first kappa shape index (κ1) is 24.3. The van der Waals surface area contributed by atoms with Gasteiger partial charge in [-0.25, -0.2) is 9.37 Å². The van der Waals surface area contributed by atoms with E-state index in [0.29, 0.717) is 29.4 Å². The normalized spacial score (nSPS) is 15.4. The third-order valence-corrected chi connectivity index (χ3v) is 6.81. The quantitative estimate of drug-likeness (QED) is 0.465. The number of aliphatic hydroxyl groups excluding tert-OH is 1. The molecule has 1 amide bonds. The van der Waals surface area contributed by atoms with Gasteiger partial charge in [-0.3, -0.25) is 4.79 Å². The Morgan fingerprint density at radius 3 is 2.74 bits per heavy atom. The lowest BCUT2D eigenvalue weighted by Gasteiger charge is -2.32. The van der Waals surface area contributed by atoms with Crippen molar-refractivity contribution < 1.29 is 19.0 Å². The number of pyridine rings is 1. The predicted molar refractivity (Wildman–Crippen MR) is 129 cm³/mol. The van der Waals surface area contributed by atoms with Gasteiger partial charge in [-0.2, -0.15) is 0 Å². The molecule has 1 aliphatic rings. The number of nitrogen functional groups attached to an aromatic ring is 1. The minimum atomic E-state index is -0.661. The number of anilines is 1. The Kier molecular flexibility index (Phi) is 7.30. The van der Waals surface area contributed by atoms with Crippen molar-refractivity contribution in [2.24, 2.45) is 0 Å². The zero-order valence-electron chi connectivity index (χ0n) is 18.5. The van der Waals surface area contributed by atoms with Gasteiger partial charge in [-0.05, 0) is 44.0 Å². The van der Waals surface area contributed by atoms with E-state index in [9.17, 15) is 9.18 Å². The monoisotopic (exact) mass is 506 g/mol. The van der Waals surface area contributed by atoms with Crippen LogP contribution in [0.25, 0.3) is 11.1 Å². The van der Waals surface area contributed by atoms with Gasteiger partial charge in [0.05, 0.1) is 5.02 Å². The molecule has 2 aromatic heterocycles. The summed E-state index contributed by atoms with van der Waals surface area (Å²) in [6, 6.07) is 6.65. The molecule has 34 heavy (non-hydrogen) atoms. The maximum Gasteiger partial charge on any atom is 0.248 e. The zero-order chi connectivity index (χ0) is 24.4. The number of rotatable bonds is 6. The van der Waals surface area contributed by atoms with Crippen molar-refractivity contribution in [2.45, 2.75) is 31.9 Å². The van der Waals surface area contributed by atoms with E-state index in [1.165, 1.54) is 12.1 Å². The van der Waals surface area contributed by atoms with E-state index in [1.54, 1.807) is 24.1 Å². The van der Waals surface area contributed by atoms with Crippen LogP contribution in [0.5, 0.6) is 5.75 Å². The van der Waals surface area contributed by atoms with E-state index in [-0.39, 0.29) is 22.8 Å². The number of piperidine rings is 1. The van der Waals surface area contributed by atoms with Gasteiger partial charge in [0.25, 0.3) is 0 Å². The summed E-state index contributed by atoms with van der Waals surface area (Å²) in [6.07, 6.45) is 6.63. The molecule has 1 saturated heterocycles. The molecule has 1 aromatic carbocycles. The zero-order valence-corrected chi connectivity index (χ0v) is 20.1. The number of benzene rings is 1. The molecule has 1 unspecified atom stereocenters. The highest BCUT2D eigenvalue weighted by Crippen LogP contribution is 2.37. The van der Waals surface area contributed by atoms with Gasteiger partial charge in [-0.1, -0.05) is 23.2 Å². The number of carbonyl (C=O) groups excluding carboxylic acids is 1. The van der Waals surface area contributed by atoms with Crippen LogP contribution >= 0.6 is 23.2 Å². The molecule has 1 aliphatic heterocycles. The first-order chi connectivity index (χ1) is 16.3. The summed E-state index contributed by atoms with van der Waals surface area (Å²) in [7, 11) is 0. The molecule has 0 radical (unpaired) electrons. The highest BCUT2D eigenvalue weighted by molar-refractivity contribution is 6.36. The minimum Gasteiger partial charge on any atom is -0.482 e. The number of hydrogen-bond donors (Lipinski definition) is 2. The number of likely N-dealkylation sites (tertiary alicyclic amines) is 1. The molecule has 0 bridgehead atoms. The lowest BCUT2D eigenvalue weighted by atomic mass is 10.0. The van der Waals surface area contributed by atoms with E-state index >= 15 is 0 Å². The molecule has 10 heteroatoms. The maximum atomic E-state index is 13.9. The highest BCUT2D eigenvalue weighted by atomic mass is 35.5. The Hall–Kier alpha value is -2.81. The van der Waals surface area contributed by atoms with Crippen LogP contribution in [-0.2, 0) is 4.79 Å².